The van der Waals surface area contributed by atoms with Gasteiger partial charge in [0.2, 0.25) is 0 Å². The van der Waals surface area contributed by atoms with E-state index in [0.29, 0.717) is 5.56 Å². The first-order chi connectivity index (χ1) is 24.1. The first-order valence-corrected chi connectivity index (χ1v) is 13.4. The van der Waals surface area contributed by atoms with Crippen molar-refractivity contribution in [3.05, 3.63) is 145 Å². The predicted octanol–water partition coefficient (Wildman–Crippen LogP) is 11.5. The zero-order valence-electron chi connectivity index (χ0n) is 30.6. The summed E-state index contributed by atoms with van der Waals surface area (Å²) in [5.74, 6) is 0. The van der Waals surface area contributed by atoms with Gasteiger partial charge in [-0.3, -0.25) is 0 Å². The van der Waals surface area contributed by atoms with Gasteiger partial charge in [-0.25, -0.2) is 0 Å². The summed E-state index contributed by atoms with van der Waals surface area (Å²) in [6.07, 6.45) is 0. The van der Waals surface area contributed by atoms with Crippen molar-refractivity contribution in [3.8, 4) is 22.3 Å². The lowest BCUT2D eigenvalue weighted by atomic mass is 9.84. The van der Waals surface area contributed by atoms with Crippen LogP contribution in [-0.4, -0.2) is 0 Å². The number of rotatable bonds is 2. The van der Waals surface area contributed by atoms with Gasteiger partial charge in [0.05, 0.1) is 12.3 Å². The lowest BCUT2D eigenvalue weighted by molar-refractivity contribution is 0.669. The zero-order valence-corrected chi connectivity index (χ0v) is 21.6. The molecule has 1 heterocycles. The largest absolute Gasteiger partial charge is 0.456 e. The summed E-state index contributed by atoms with van der Waals surface area (Å²) in [4.78, 5) is 0. The Hall–Kier alpha value is -5.40. The molecule has 8 aromatic carbocycles. The lowest BCUT2D eigenvalue weighted by Gasteiger charge is -2.18. The molecule has 0 aliphatic carbocycles. The molecule has 0 radical (unpaired) electrons. The van der Waals surface area contributed by atoms with E-state index in [9.17, 15) is 4.11 Å². The van der Waals surface area contributed by atoms with Gasteiger partial charge in [0, 0.05) is 10.8 Å². The van der Waals surface area contributed by atoms with Gasteiger partial charge < -0.3 is 4.42 Å². The smallest absolute Gasteiger partial charge is 0.136 e. The number of benzene rings is 8. The van der Waals surface area contributed by atoms with E-state index in [1.807, 2.05) is 66.7 Å². The molecule has 1 nitrogen and oxygen atoms in total. The highest BCUT2D eigenvalue weighted by Gasteiger charge is 2.19. The van der Waals surface area contributed by atoms with Gasteiger partial charge in [-0.05, 0) is 89.5 Å². The normalized spacial score (nSPS) is 15.0. The van der Waals surface area contributed by atoms with Crippen LogP contribution in [0.3, 0.4) is 0 Å². The summed E-state index contributed by atoms with van der Waals surface area (Å²) < 4.78 is 85.8. The van der Waals surface area contributed by atoms with Crippen LogP contribution >= 0.6 is 0 Å². The van der Waals surface area contributed by atoms with E-state index >= 15 is 0 Å². The molecule has 0 aliphatic rings. The third kappa shape index (κ3) is 3.30. The molecule has 0 N–H and O–H groups in total. The van der Waals surface area contributed by atoms with Crippen LogP contribution in [0.15, 0.2) is 150 Å². The van der Waals surface area contributed by atoms with Gasteiger partial charge in [-0.1, -0.05) is 121 Å². The topological polar surface area (TPSA) is 13.1 Å². The summed E-state index contributed by atoms with van der Waals surface area (Å²) in [5, 5.41) is 5.19. The average molecular weight is 530 g/mol. The molecule has 0 fully saturated rings. The van der Waals surface area contributed by atoms with E-state index in [0.717, 1.165) is 43.4 Å². The van der Waals surface area contributed by atoms with E-state index in [2.05, 4.69) is 24.3 Å². The second-order valence-corrected chi connectivity index (χ2v) is 10.1. The van der Waals surface area contributed by atoms with Crippen LogP contribution in [0.25, 0.3) is 87.3 Å². The molecular formula is C40H24O. The maximum absolute atomic E-state index is 9.54. The van der Waals surface area contributed by atoms with Crippen molar-refractivity contribution in [2.45, 2.75) is 0 Å². The number of furan rings is 1. The van der Waals surface area contributed by atoms with E-state index < -0.39 is 24.2 Å². The van der Waals surface area contributed by atoms with Crippen molar-refractivity contribution in [2.75, 3.05) is 0 Å². The van der Waals surface area contributed by atoms with Crippen LogP contribution in [0.4, 0.5) is 0 Å². The number of hydrogen-bond donors (Lipinski definition) is 0. The minimum atomic E-state index is -0.538. The molecule has 0 saturated carbocycles. The van der Waals surface area contributed by atoms with Gasteiger partial charge in [-0.2, -0.15) is 0 Å². The quantitative estimate of drug-likeness (QED) is 0.203. The maximum Gasteiger partial charge on any atom is 0.136 e. The first-order valence-electron chi connectivity index (χ1n) is 17.9. The molecule has 0 spiro atoms. The highest BCUT2D eigenvalue weighted by atomic mass is 16.3. The third-order valence-corrected chi connectivity index (χ3v) is 7.88. The first kappa shape index (κ1) is 15.4. The SMILES string of the molecule is [2H]c1c([2H])c([2H])c2c([2H])c3c(oc4c([2H])c(-c5c6ccccc6c(-c6cccc7ccccc67)c6ccccc56)c([2H])c([2H])c43)c([2H])c2c1[2H]. The van der Waals surface area contributed by atoms with Crippen molar-refractivity contribution in [2.24, 2.45) is 0 Å². The van der Waals surface area contributed by atoms with Crippen LogP contribution in [0.1, 0.15) is 12.3 Å². The summed E-state index contributed by atoms with van der Waals surface area (Å²) in [6.45, 7) is 0. The highest BCUT2D eigenvalue weighted by Crippen LogP contribution is 2.46. The van der Waals surface area contributed by atoms with E-state index in [1.165, 1.54) is 0 Å². The molecule has 1 heteroatoms. The monoisotopic (exact) mass is 529 g/mol. The van der Waals surface area contributed by atoms with Crippen molar-refractivity contribution >= 4 is 65.0 Å². The predicted molar refractivity (Wildman–Crippen MR) is 175 cm³/mol. The third-order valence-electron chi connectivity index (χ3n) is 7.88. The Balaban J connectivity index is 1.45. The fraction of sp³-hybridized carbons (Fsp3) is 0. The number of fused-ring (bicyclic) bond motifs is 7. The summed E-state index contributed by atoms with van der Waals surface area (Å²) in [6, 6.07) is 26.7. The Morgan fingerprint density at radius 3 is 1.73 bits per heavy atom. The van der Waals surface area contributed by atoms with E-state index in [-0.39, 0.29) is 68.5 Å². The van der Waals surface area contributed by atoms with Crippen LogP contribution in [0.5, 0.6) is 0 Å². The van der Waals surface area contributed by atoms with Crippen LogP contribution < -0.4 is 0 Å². The molecular weight excluding hydrogens is 496 g/mol. The fourth-order valence-corrected chi connectivity index (χ4v) is 6.11. The summed E-state index contributed by atoms with van der Waals surface area (Å²) in [7, 11) is 0. The Kier molecular flexibility index (Phi) is 3.21. The zero-order chi connectivity index (χ0) is 34.7. The second-order valence-electron chi connectivity index (χ2n) is 10.1. The standard InChI is InChI=1S/C40H24O/c1-2-12-27-23-38-36(22-26(27)11-1)30-21-20-28(24-37(30)41-38)39-32-15-5-7-17-34(32)40(35-18-8-6-16-33(35)39)31-19-9-13-25-10-3-4-14-29(25)31/h1-24H/i1D,2D,11D,12D,20D,21D,22D,23D,24D. The molecule has 41 heavy (non-hydrogen) atoms. The Morgan fingerprint density at radius 1 is 0.415 bits per heavy atom. The molecule has 0 atom stereocenters. The van der Waals surface area contributed by atoms with Gasteiger partial charge in [0.1, 0.15) is 11.2 Å². The minimum absolute atomic E-state index is 0.00690. The highest BCUT2D eigenvalue weighted by molar-refractivity contribution is 6.24. The van der Waals surface area contributed by atoms with Crippen molar-refractivity contribution in [1.29, 1.82) is 0 Å². The molecule has 0 amide bonds. The van der Waals surface area contributed by atoms with Crippen molar-refractivity contribution in [3.63, 3.8) is 0 Å². The molecule has 0 aliphatic heterocycles. The van der Waals surface area contributed by atoms with Gasteiger partial charge in [0.15, 0.2) is 0 Å². The molecule has 1 aromatic heterocycles. The Labute approximate surface area is 249 Å². The molecule has 0 unspecified atom stereocenters. The Morgan fingerprint density at radius 2 is 1.00 bits per heavy atom. The van der Waals surface area contributed by atoms with Gasteiger partial charge in [0.25, 0.3) is 0 Å². The second kappa shape index (κ2) is 8.55. The molecule has 0 saturated heterocycles. The Bertz CT molecular complexity index is 2920. The van der Waals surface area contributed by atoms with Crippen LogP contribution in [0.2, 0.25) is 0 Å². The number of hydrogen-bond acceptors (Lipinski definition) is 1. The average Bonchev–Trinajstić information content (AvgIpc) is 3.55. The van der Waals surface area contributed by atoms with E-state index in [1.54, 1.807) is 0 Å². The van der Waals surface area contributed by atoms with Gasteiger partial charge >= 0.3 is 0 Å². The fourth-order valence-electron chi connectivity index (χ4n) is 6.11. The minimum Gasteiger partial charge on any atom is -0.456 e. The molecule has 190 valence electrons. The molecule has 9 rings (SSSR count). The summed E-state index contributed by atoms with van der Waals surface area (Å²) in [5.41, 5.74) is 2.56. The van der Waals surface area contributed by atoms with Gasteiger partial charge in [-0.15, -0.1) is 0 Å². The maximum atomic E-state index is 9.54. The van der Waals surface area contributed by atoms with Crippen molar-refractivity contribution < 1.29 is 16.8 Å². The van der Waals surface area contributed by atoms with Crippen LogP contribution in [-0.2, 0) is 0 Å². The van der Waals surface area contributed by atoms with Crippen molar-refractivity contribution in [1.82, 2.24) is 0 Å². The molecule has 9 aromatic rings. The summed E-state index contributed by atoms with van der Waals surface area (Å²) >= 11 is 0. The van der Waals surface area contributed by atoms with E-state index in [4.69, 9.17) is 12.6 Å². The molecule has 0 bridgehead atoms. The lowest BCUT2D eigenvalue weighted by Crippen LogP contribution is -1.91. The van der Waals surface area contributed by atoms with Crippen LogP contribution in [0, 0.1) is 0 Å².